The molecule has 1 N–H and O–H groups in total. The fraction of sp³-hybridized carbons (Fsp3) is 0.263. The maximum Gasteiger partial charge on any atom is 0.141 e. The van der Waals surface area contributed by atoms with E-state index in [-0.39, 0.29) is 12.1 Å². The van der Waals surface area contributed by atoms with Crippen LogP contribution in [0.1, 0.15) is 22.9 Å². The van der Waals surface area contributed by atoms with Crippen molar-refractivity contribution in [3.05, 3.63) is 47.9 Å². The van der Waals surface area contributed by atoms with Crippen molar-refractivity contribution in [1.82, 2.24) is 14.7 Å². The molecule has 27 heavy (non-hydrogen) atoms. The van der Waals surface area contributed by atoms with Crippen molar-refractivity contribution in [2.75, 3.05) is 12.4 Å². The fourth-order valence-corrected chi connectivity index (χ4v) is 3.89. The molecule has 0 spiro atoms. The van der Waals surface area contributed by atoms with Gasteiger partial charge in [-0.05, 0) is 31.5 Å². The predicted molar refractivity (Wildman–Crippen MR) is 102 cm³/mol. The van der Waals surface area contributed by atoms with Gasteiger partial charge in [0, 0.05) is 23.6 Å². The normalized spacial score (nSPS) is 20.0. The van der Waals surface area contributed by atoms with Crippen LogP contribution in [0, 0.1) is 13.8 Å². The molecule has 2 aromatic heterocycles. The highest BCUT2D eigenvalue weighted by atomic mass is 16.5. The molecule has 8 heteroatoms. The van der Waals surface area contributed by atoms with Crippen LogP contribution in [0.5, 0.6) is 5.75 Å². The molecule has 1 aromatic carbocycles. The Morgan fingerprint density at radius 1 is 1.26 bits per heavy atom. The summed E-state index contributed by atoms with van der Waals surface area (Å²) in [6.45, 7) is 3.84. The van der Waals surface area contributed by atoms with Gasteiger partial charge in [-0.1, -0.05) is 5.16 Å². The van der Waals surface area contributed by atoms with Gasteiger partial charge in [0.05, 0.1) is 24.3 Å². The summed E-state index contributed by atoms with van der Waals surface area (Å²) in [6, 6.07) is 4.14. The number of rotatable bonds is 2. The molecule has 0 saturated heterocycles. The Labute approximate surface area is 155 Å². The molecule has 2 aliphatic rings. The first-order valence-electron chi connectivity index (χ1n) is 8.66. The van der Waals surface area contributed by atoms with E-state index in [4.69, 9.17) is 9.26 Å². The molecule has 0 aliphatic carbocycles. The van der Waals surface area contributed by atoms with Gasteiger partial charge < -0.3 is 14.6 Å². The van der Waals surface area contributed by atoms with Crippen molar-refractivity contribution in [3.63, 3.8) is 0 Å². The summed E-state index contributed by atoms with van der Waals surface area (Å²) in [4.78, 5) is 13.2. The summed E-state index contributed by atoms with van der Waals surface area (Å²) in [5, 5.41) is 7.58. The molecule has 2 unspecified atom stereocenters. The van der Waals surface area contributed by atoms with Crippen molar-refractivity contribution in [1.29, 1.82) is 0 Å². The lowest BCUT2D eigenvalue weighted by atomic mass is 9.93. The molecule has 8 nitrogen and oxygen atoms in total. The second-order valence-corrected chi connectivity index (χ2v) is 6.63. The van der Waals surface area contributed by atoms with Gasteiger partial charge in [-0.15, -0.1) is 0 Å². The van der Waals surface area contributed by atoms with Gasteiger partial charge in [-0.25, -0.2) is 15.0 Å². The Kier molecular flexibility index (Phi) is 3.40. The van der Waals surface area contributed by atoms with E-state index in [2.05, 4.69) is 37.6 Å². The van der Waals surface area contributed by atoms with Crippen LogP contribution >= 0.6 is 0 Å². The number of hydrogen-bond donors (Lipinski definition) is 1. The predicted octanol–water partition coefficient (Wildman–Crippen LogP) is 2.99. The van der Waals surface area contributed by atoms with Crippen LogP contribution < -0.4 is 10.1 Å². The molecule has 0 fully saturated rings. The van der Waals surface area contributed by atoms with Gasteiger partial charge in [0.1, 0.15) is 36.2 Å². The largest absolute Gasteiger partial charge is 0.496 e. The van der Waals surface area contributed by atoms with E-state index >= 15 is 0 Å². The SMILES string of the molecule is COc1cc2c(cc1-c1c(C)noc1C)NC1N=CN=C(n3ccnc3)C21. The Balaban J connectivity index is 1.67. The summed E-state index contributed by atoms with van der Waals surface area (Å²) in [5.41, 5.74) is 4.84. The van der Waals surface area contributed by atoms with E-state index in [1.165, 1.54) is 0 Å². The molecule has 136 valence electrons. The average molecular weight is 362 g/mol. The molecular formula is C19H18N6O2. The number of nitrogens with zero attached hydrogens (tertiary/aromatic N) is 5. The Bertz CT molecular complexity index is 1060. The third kappa shape index (κ3) is 2.29. The number of ether oxygens (including phenoxy) is 1. The lowest BCUT2D eigenvalue weighted by Gasteiger charge is -2.22. The average Bonchev–Trinajstić information content (AvgIpc) is 3.39. The zero-order valence-electron chi connectivity index (χ0n) is 15.2. The van der Waals surface area contributed by atoms with Gasteiger partial charge in [0.15, 0.2) is 0 Å². The number of aliphatic imine (C=N–C) groups is 2. The van der Waals surface area contributed by atoms with Gasteiger partial charge in [-0.2, -0.15) is 0 Å². The monoisotopic (exact) mass is 362 g/mol. The lowest BCUT2D eigenvalue weighted by Crippen LogP contribution is -2.31. The fourth-order valence-electron chi connectivity index (χ4n) is 3.89. The summed E-state index contributed by atoms with van der Waals surface area (Å²) in [7, 11) is 1.67. The van der Waals surface area contributed by atoms with Crippen molar-refractivity contribution in [2.24, 2.45) is 9.98 Å². The maximum atomic E-state index is 5.72. The first-order chi connectivity index (χ1) is 13.2. The summed E-state index contributed by atoms with van der Waals surface area (Å²) >= 11 is 0. The Morgan fingerprint density at radius 2 is 2.15 bits per heavy atom. The molecule has 0 bridgehead atoms. The van der Waals surface area contributed by atoms with Crippen molar-refractivity contribution in [2.45, 2.75) is 25.9 Å². The van der Waals surface area contributed by atoms with Crippen LogP contribution in [-0.4, -0.2) is 40.2 Å². The van der Waals surface area contributed by atoms with Crippen LogP contribution in [0.2, 0.25) is 0 Å². The molecule has 4 heterocycles. The number of nitrogens with one attached hydrogen (secondary N) is 1. The second kappa shape index (κ2) is 5.80. The van der Waals surface area contributed by atoms with Crippen LogP contribution in [-0.2, 0) is 0 Å². The van der Waals surface area contributed by atoms with E-state index in [0.29, 0.717) is 0 Å². The minimum Gasteiger partial charge on any atom is -0.496 e. The van der Waals surface area contributed by atoms with Gasteiger partial charge in [0.25, 0.3) is 0 Å². The topological polar surface area (TPSA) is 89.8 Å². The number of fused-ring (bicyclic) bond motifs is 3. The van der Waals surface area contributed by atoms with E-state index in [9.17, 15) is 0 Å². The number of hydrogen-bond acceptors (Lipinski definition) is 7. The Morgan fingerprint density at radius 3 is 2.85 bits per heavy atom. The van der Waals surface area contributed by atoms with Crippen LogP contribution in [0.3, 0.4) is 0 Å². The van der Waals surface area contributed by atoms with E-state index in [1.54, 1.807) is 26.0 Å². The number of aryl methyl sites for hydroxylation is 2. The summed E-state index contributed by atoms with van der Waals surface area (Å²) in [6.07, 6.45) is 6.88. The van der Waals surface area contributed by atoms with Gasteiger partial charge in [-0.3, -0.25) is 4.57 Å². The summed E-state index contributed by atoms with van der Waals surface area (Å²) < 4.78 is 13.0. The first-order valence-corrected chi connectivity index (χ1v) is 8.66. The minimum atomic E-state index is -0.112. The molecular weight excluding hydrogens is 344 g/mol. The quantitative estimate of drug-likeness (QED) is 0.757. The number of benzene rings is 1. The minimum absolute atomic E-state index is 0.0215. The van der Waals surface area contributed by atoms with E-state index in [1.807, 2.05) is 24.6 Å². The highest BCUT2D eigenvalue weighted by molar-refractivity contribution is 6.01. The standard InChI is InChI=1S/C19H18N6O2/c1-10-16(11(2)27-24-10)13-6-14-12(7-15(13)26-3)17-18(23-14)21-8-22-19(17)25-5-4-20-9-25/h4-9,17-18,23H,1-3H3. The number of methoxy groups -OCH3 is 1. The first kappa shape index (κ1) is 15.8. The molecule has 0 saturated carbocycles. The zero-order valence-corrected chi connectivity index (χ0v) is 15.2. The zero-order chi connectivity index (χ0) is 18.5. The third-order valence-electron chi connectivity index (χ3n) is 5.09. The van der Waals surface area contributed by atoms with Crippen molar-refractivity contribution in [3.8, 4) is 16.9 Å². The molecule has 2 aliphatic heterocycles. The van der Waals surface area contributed by atoms with Crippen molar-refractivity contribution < 1.29 is 9.26 Å². The number of aromatic nitrogens is 3. The molecule has 0 amide bonds. The van der Waals surface area contributed by atoms with Gasteiger partial charge in [0.2, 0.25) is 0 Å². The third-order valence-corrected chi connectivity index (χ3v) is 5.09. The van der Waals surface area contributed by atoms with Crippen molar-refractivity contribution >= 4 is 17.9 Å². The highest BCUT2D eigenvalue weighted by Crippen LogP contribution is 2.46. The van der Waals surface area contributed by atoms with E-state index < -0.39 is 0 Å². The van der Waals surface area contributed by atoms with Crippen LogP contribution in [0.15, 0.2) is 45.4 Å². The second-order valence-electron chi connectivity index (χ2n) is 6.63. The number of imidazole rings is 1. The number of anilines is 1. The molecule has 3 aromatic rings. The molecule has 0 radical (unpaired) electrons. The van der Waals surface area contributed by atoms with Crippen LogP contribution in [0.4, 0.5) is 5.69 Å². The molecule has 5 rings (SSSR count). The molecule has 2 atom stereocenters. The maximum absolute atomic E-state index is 5.72. The van der Waals surface area contributed by atoms with E-state index in [0.717, 1.165) is 45.4 Å². The Hall–Kier alpha value is -3.42. The summed E-state index contributed by atoms with van der Waals surface area (Å²) in [5.74, 6) is 2.39. The smallest absolute Gasteiger partial charge is 0.141 e. The van der Waals surface area contributed by atoms with Crippen LogP contribution in [0.25, 0.3) is 11.1 Å². The highest BCUT2D eigenvalue weighted by Gasteiger charge is 2.39. The lowest BCUT2D eigenvalue weighted by molar-refractivity contribution is 0.393. The van der Waals surface area contributed by atoms with Gasteiger partial charge >= 0.3 is 0 Å².